The molecule has 1 atom stereocenters. The summed E-state index contributed by atoms with van der Waals surface area (Å²) < 4.78 is 13.9. The molecular formula is C32H45FN2. The summed E-state index contributed by atoms with van der Waals surface area (Å²) in [6.07, 6.45) is 5.16. The van der Waals surface area contributed by atoms with Gasteiger partial charge < -0.3 is 0 Å². The van der Waals surface area contributed by atoms with Crippen LogP contribution >= 0.6 is 0 Å². The molecule has 3 aromatic rings. The van der Waals surface area contributed by atoms with E-state index in [1.54, 1.807) is 6.07 Å². The highest BCUT2D eigenvalue weighted by atomic mass is 19.1. The van der Waals surface area contributed by atoms with Crippen LogP contribution in [0.15, 0.2) is 48.7 Å². The lowest BCUT2D eigenvalue weighted by molar-refractivity contribution is 0.184. The average molecular weight is 477 g/mol. The van der Waals surface area contributed by atoms with Gasteiger partial charge in [-0.25, -0.2) is 4.39 Å². The van der Waals surface area contributed by atoms with Gasteiger partial charge in [0.1, 0.15) is 5.82 Å². The molecular weight excluding hydrogens is 431 g/mol. The third-order valence-corrected chi connectivity index (χ3v) is 8.79. The maximum Gasteiger partial charge on any atom is 0.126 e. The van der Waals surface area contributed by atoms with Gasteiger partial charge >= 0.3 is 0 Å². The Morgan fingerprint density at radius 1 is 0.829 bits per heavy atom. The molecule has 0 radical (unpaired) electrons. The highest BCUT2D eigenvalue weighted by Crippen LogP contribution is 2.51. The number of halogens is 1. The molecule has 0 bridgehead atoms. The van der Waals surface area contributed by atoms with Crippen LogP contribution in [0.5, 0.6) is 0 Å². The van der Waals surface area contributed by atoms with Gasteiger partial charge in [-0.3, -0.25) is 5.10 Å². The zero-order chi connectivity index (χ0) is 26.0. The summed E-state index contributed by atoms with van der Waals surface area (Å²) in [4.78, 5) is 0. The van der Waals surface area contributed by atoms with E-state index in [2.05, 4.69) is 89.0 Å². The molecule has 190 valence electrons. The highest BCUT2D eigenvalue weighted by Gasteiger charge is 2.43. The van der Waals surface area contributed by atoms with Crippen LogP contribution in [0, 0.1) is 23.6 Å². The molecule has 5 rings (SSSR count). The number of aromatic amines is 1. The number of H-pyrrole nitrogens is 1. The molecule has 1 aromatic heterocycles. The van der Waals surface area contributed by atoms with Crippen molar-refractivity contribution in [3.8, 4) is 11.1 Å². The first-order valence-electron chi connectivity index (χ1n) is 13.6. The lowest BCUT2D eigenvalue weighted by Gasteiger charge is -2.46. The number of hydrogen-bond acceptors (Lipinski definition) is 1. The molecule has 1 N–H and O–H groups in total. The second-order valence-corrected chi connectivity index (χ2v) is 11.0. The Balaban J connectivity index is 0.000000183. The summed E-state index contributed by atoms with van der Waals surface area (Å²) in [7, 11) is 0. The van der Waals surface area contributed by atoms with Crippen LogP contribution in [0.1, 0.15) is 97.5 Å². The topological polar surface area (TPSA) is 28.7 Å². The molecule has 35 heavy (non-hydrogen) atoms. The van der Waals surface area contributed by atoms with Crippen molar-refractivity contribution >= 4 is 0 Å². The number of hydrogen-bond donors (Lipinski definition) is 1. The Morgan fingerprint density at radius 3 is 2.09 bits per heavy atom. The van der Waals surface area contributed by atoms with Gasteiger partial charge in [-0.05, 0) is 72.3 Å². The lowest BCUT2D eigenvalue weighted by atomic mass is 9.58. The van der Waals surface area contributed by atoms with E-state index in [9.17, 15) is 4.39 Å². The summed E-state index contributed by atoms with van der Waals surface area (Å²) in [6, 6.07) is 14.3. The first-order valence-corrected chi connectivity index (χ1v) is 13.6. The Hall–Kier alpha value is -2.42. The second kappa shape index (κ2) is 10.7. The maximum absolute atomic E-state index is 13.9. The zero-order valence-electron chi connectivity index (χ0n) is 23.3. The largest absolute Gasteiger partial charge is 0.281 e. The Bertz CT molecular complexity index is 1120. The predicted molar refractivity (Wildman–Crippen MR) is 147 cm³/mol. The standard InChI is InChI=1S/C16H23F.C14H16N2.C2H6/c1-11(2)16(12(3)4)10-6-7-13-14(16)8-5-9-15(13)17;1-9(2)14(3)12-7-5-4-6-10(12)11-8-15-16-13(11)14;1-2/h5,8-9,11-12H,6-7,10H2,1-4H3;4-9H,1-3H3,(H,15,16);1-2H3. The third kappa shape index (κ3) is 4.36. The number of aromatic nitrogens is 2. The lowest BCUT2D eigenvalue weighted by Crippen LogP contribution is -2.41. The van der Waals surface area contributed by atoms with Crippen LogP contribution < -0.4 is 0 Å². The van der Waals surface area contributed by atoms with Gasteiger partial charge in [0.15, 0.2) is 0 Å². The fourth-order valence-corrected chi connectivity index (χ4v) is 6.60. The number of nitrogens with one attached hydrogen (secondary N) is 1. The van der Waals surface area contributed by atoms with E-state index < -0.39 is 0 Å². The van der Waals surface area contributed by atoms with Gasteiger partial charge in [0.2, 0.25) is 0 Å². The van der Waals surface area contributed by atoms with Crippen LogP contribution in [0.4, 0.5) is 4.39 Å². The van der Waals surface area contributed by atoms with Gasteiger partial charge in [-0.1, -0.05) is 91.8 Å². The molecule has 3 heteroatoms. The molecule has 0 aliphatic heterocycles. The average Bonchev–Trinajstić information content (AvgIpc) is 3.43. The van der Waals surface area contributed by atoms with Crippen LogP contribution in [0.25, 0.3) is 11.1 Å². The predicted octanol–water partition coefficient (Wildman–Crippen LogP) is 9.09. The van der Waals surface area contributed by atoms with Crippen molar-refractivity contribution in [2.75, 3.05) is 0 Å². The first-order chi connectivity index (χ1) is 16.7. The minimum Gasteiger partial charge on any atom is -0.281 e. The quantitative estimate of drug-likeness (QED) is 0.401. The van der Waals surface area contributed by atoms with Gasteiger partial charge in [0.05, 0.1) is 11.9 Å². The van der Waals surface area contributed by atoms with Gasteiger partial charge in [0.25, 0.3) is 0 Å². The molecule has 2 aliphatic rings. The fourth-order valence-electron chi connectivity index (χ4n) is 6.60. The van der Waals surface area contributed by atoms with E-state index in [0.717, 1.165) is 18.4 Å². The molecule has 2 nitrogen and oxygen atoms in total. The van der Waals surface area contributed by atoms with Crippen molar-refractivity contribution in [1.29, 1.82) is 0 Å². The van der Waals surface area contributed by atoms with E-state index >= 15 is 0 Å². The van der Waals surface area contributed by atoms with Crippen molar-refractivity contribution in [3.63, 3.8) is 0 Å². The summed E-state index contributed by atoms with van der Waals surface area (Å²) in [6.45, 7) is 20.0. The van der Waals surface area contributed by atoms with Crippen LogP contribution in [0.2, 0.25) is 0 Å². The molecule has 0 saturated heterocycles. The minimum atomic E-state index is -0.00660. The van der Waals surface area contributed by atoms with E-state index in [1.807, 2.05) is 26.1 Å². The van der Waals surface area contributed by atoms with E-state index in [4.69, 9.17) is 0 Å². The third-order valence-electron chi connectivity index (χ3n) is 8.79. The number of fused-ring (bicyclic) bond motifs is 4. The minimum absolute atomic E-state index is 0.00660. The monoisotopic (exact) mass is 476 g/mol. The second-order valence-electron chi connectivity index (χ2n) is 11.0. The Labute approximate surface area is 212 Å². The number of nitrogens with zero attached hydrogens (tertiary/aromatic N) is 1. The van der Waals surface area contributed by atoms with Gasteiger partial charge in [-0.15, -0.1) is 0 Å². The van der Waals surface area contributed by atoms with Crippen LogP contribution in [0.3, 0.4) is 0 Å². The smallest absolute Gasteiger partial charge is 0.126 e. The Morgan fingerprint density at radius 2 is 1.46 bits per heavy atom. The van der Waals surface area contributed by atoms with Gasteiger partial charge in [0, 0.05) is 16.4 Å². The van der Waals surface area contributed by atoms with E-state index in [1.165, 1.54) is 34.4 Å². The molecule has 0 amide bonds. The molecule has 0 fully saturated rings. The number of benzene rings is 2. The number of rotatable bonds is 3. The maximum atomic E-state index is 13.9. The van der Waals surface area contributed by atoms with Crippen molar-refractivity contribution in [1.82, 2.24) is 10.2 Å². The molecule has 2 aromatic carbocycles. The Kier molecular flexibility index (Phi) is 8.29. The van der Waals surface area contributed by atoms with Gasteiger partial charge in [-0.2, -0.15) is 5.10 Å². The molecule has 1 heterocycles. The molecule has 0 saturated carbocycles. The summed E-state index contributed by atoms with van der Waals surface area (Å²) in [5.41, 5.74) is 7.78. The first kappa shape index (κ1) is 27.2. The molecule has 2 aliphatic carbocycles. The van der Waals surface area contributed by atoms with Crippen molar-refractivity contribution < 1.29 is 4.39 Å². The van der Waals surface area contributed by atoms with Crippen molar-refractivity contribution in [3.05, 3.63) is 76.9 Å². The summed E-state index contributed by atoms with van der Waals surface area (Å²) >= 11 is 0. The van der Waals surface area contributed by atoms with Crippen LogP contribution in [-0.4, -0.2) is 10.2 Å². The van der Waals surface area contributed by atoms with Crippen molar-refractivity contribution in [2.24, 2.45) is 17.8 Å². The van der Waals surface area contributed by atoms with Crippen molar-refractivity contribution in [2.45, 2.75) is 92.4 Å². The highest BCUT2D eigenvalue weighted by molar-refractivity contribution is 5.79. The van der Waals surface area contributed by atoms with E-state index in [-0.39, 0.29) is 16.6 Å². The SMILES string of the molecule is CC.CC(C)C1(C(C)C)CCCc2c(F)cccc21.CC(C)C1(C)c2ccccc2-c2cn[nH]c21. The molecule has 0 spiro atoms. The normalized spacial score (nSPS) is 19.3. The summed E-state index contributed by atoms with van der Waals surface area (Å²) in [5, 5.41) is 7.38. The molecule has 1 unspecified atom stereocenters. The fraction of sp³-hybridized carbons (Fsp3) is 0.531. The van der Waals surface area contributed by atoms with E-state index in [0.29, 0.717) is 17.8 Å². The van der Waals surface area contributed by atoms with Crippen LogP contribution in [-0.2, 0) is 17.3 Å². The summed E-state index contributed by atoms with van der Waals surface area (Å²) in [5.74, 6) is 1.66. The zero-order valence-corrected chi connectivity index (χ0v) is 23.3.